The molecular formula is C15H15ClFN. The van der Waals surface area contributed by atoms with E-state index >= 15 is 0 Å². The van der Waals surface area contributed by atoms with Gasteiger partial charge in [0.05, 0.1) is 6.04 Å². The second-order valence-electron chi connectivity index (χ2n) is 4.30. The van der Waals surface area contributed by atoms with E-state index in [2.05, 4.69) is 5.32 Å². The maximum Gasteiger partial charge on any atom is 0.123 e. The lowest BCUT2D eigenvalue weighted by molar-refractivity contribution is 0.623. The molecule has 2 rings (SSSR count). The summed E-state index contributed by atoms with van der Waals surface area (Å²) in [5, 5.41) is 3.93. The molecule has 1 nitrogen and oxygen atoms in total. The molecule has 0 aromatic heterocycles. The fraction of sp³-hybridized carbons (Fsp3) is 0.200. The normalized spacial score (nSPS) is 12.4. The Bertz CT molecular complexity index is 537. The Labute approximate surface area is 112 Å². The van der Waals surface area contributed by atoms with Gasteiger partial charge in [0.25, 0.3) is 0 Å². The number of halogens is 2. The molecule has 1 unspecified atom stereocenters. The zero-order valence-electron chi connectivity index (χ0n) is 10.4. The average Bonchev–Trinajstić information content (AvgIpc) is 2.35. The molecule has 0 heterocycles. The molecular weight excluding hydrogens is 249 g/mol. The van der Waals surface area contributed by atoms with Crippen LogP contribution >= 0.6 is 11.6 Å². The first-order valence-electron chi connectivity index (χ1n) is 5.80. The molecule has 0 aliphatic heterocycles. The number of aryl methyl sites for hydroxylation is 1. The van der Waals surface area contributed by atoms with Crippen molar-refractivity contribution in [3.63, 3.8) is 0 Å². The Morgan fingerprint density at radius 1 is 1.11 bits per heavy atom. The average molecular weight is 264 g/mol. The summed E-state index contributed by atoms with van der Waals surface area (Å²) in [4.78, 5) is 0. The summed E-state index contributed by atoms with van der Waals surface area (Å²) in [6.07, 6.45) is 0. The van der Waals surface area contributed by atoms with Crippen LogP contribution in [0.3, 0.4) is 0 Å². The van der Waals surface area contributed by atoms with Gasteiger partial charge in [0, 0.05) is 5.02 Å². The Kier molecular flexibility index (Phi) is 4.00. The zero-order valence-corrected chi connectivity index (χ0v) is 11.1. The van der Waals surface area contributed by atoms with E-state index in [0.717, 1.165) is 21.7 Å². The molecule has 0 radical (unpaired) electrons. The van der Waals surface area contributed by atoms with Crippen molar-refractivity contribution in [2.24, 2.45) is 0 Å². The summed E-state index contributed by atoms with van der Waals surface area (Å²) >= 11 is 6.27. The molecule has 3 heteroatoms. The van der Waals surface area contributed by atoms with Crippen molar-refractivity contribution >= 4 is 11.6 Å². The van der Waals surface area contributed by atoms with Gasteiger partial charge in [-0.15, -0.1) is 0 Å². The van der Waals surface area contributed by atoms with Gasteiger partial charge in [-0.25, -0.2) is 4.39 Å². The number of hydrogen-bond donors (Lipinski definition) is 1. The Morgan fingerprint density at radius 3 is 2.33 bits per heavy atom. The van der Waals surface area contributed by atoms with E-state index in [-0.39, 0.29) is 11.9 Å². The minimum absolute atomic E-state index is 0.0290. The van der Waals surface area contributed by atoms with E-state index in [1.807, 2.05) is 32.2 Å². The largest absolute Gasteiger partial charge is 0.309 e. The van der Waals surface area contributed by atoms with Crippen LogP contribution in [0, 0.1) is 12.7 Å². The number of hydrogen-bond acceptors (Lipinski definition) is 1. The van der Waals surface area contributed by atoms with Crippen LogP contribution in [0.15, 0.2) is 42.5 Å². The van der Waals surface area contributed by atoms with Crippen molar-refractivity contribution in [2.45, 2.75) is 13.0 Å². The maximum absolute atomic E-state index is 12.9. The summed E-state index contributed by atoms with van der Waals surface area (Å²) in [5.41, 5.74) is 3.11. The third kappa shape index (κ3) is 2.71. The molecule has 0 fully saturated rings. The van der Waals surface area contributed by atoms with E-state index < -0.39 is 0 Å². The molecule has 1 atom stereocenters. The number of rotatable bonds is 3. The van der Waals surface area contributed by atoms with Crippen LogP contribution in [-0.2, 0) is 0 Å². The minimum atomic E-state index is -0.233. The lowest BCUT2D eigenvalue weighted by atomic mass is 9.98. The highest BCUT2D eigenvalue weighted by Gasteiger charge is 2.15. The maximum atomic E-state index is 12.9. The molecule has 94 valence electrons. The van der Waals surface area contributed by atoms with E-state index in [1.165, 1.54) is 12.1 Å². The molecule has 2 aromatic rings. The van der Waals surface area contributed by atoms with E-state index in [4.69, 9.17) is 11.6 Å². The van der Waals surface area contributed by atoms with Crippen LogP contribution in [0.4, 0.5) is 4.39 Å². The molecule has 0 aliphatic carbocycles. The van der Waals surface area contributed by atoms with E-state index in [1.54, 1.807) is 12.1 Å². The van der Waals surface area contributed by atoms with Crippen molar-refractivity contribution in [2.75, 3.05) is 7.05 Å². The highest BCUT2D eigenvalue weighted by atomic mass is 35.5. The standard InChI is InChI=1S/C15H15ClFN/c1-10-3-8-13(14(16)9-10)15(18-2)11-4-6-12(17)7-5-11/h3-9,15,18H,1-2H3. The highest BCUT2D eigenvalue weighted by Crippen LogP contribution is 2.28. The first-order chi connectivity index (χ1) is 8.61. The Balaban J connectivity index is 2.41. The van der Waals surface area contributed by atoms with Crippen molar-refractivity contribution in [3.05, 3.63) is 70.0 Å². The SMILES string of the molecule is CNC(c1ccc(F)cc1)c1ccc(C)cc1Cl. The second-order valence-corrected chi connectivity index (χ2v) is 4.71. The molecule has 18 heavy (non-hydrogen) atoms. The van der Waals surface area contributed by atoms with Crippen LogP contribution in [-0.4, -0.2) is 7.05 Å². The van der Waals surface area contributed by atoms with E-state index in [9.17, 15) is 4.39 Å². The van der Waals surface area contributed by atoms with Crippen molar-refractivity contribution in [1.82, 2.24) is 5.32 Å². The third-order valence-corrected chi connectivity index (χ3v) is 3.29. The lowest BCUT2D eigenvalue weighted by Crippen LogP contribution is -2.18. The fourth-order valence-electron chi connectivity index (χ4n) is 2.02. The van der Waals surface area contributed by atoms with Crippen LogP contribution in [0.1, 0.15) is 22.7 Å². The summed E-state index contributed by atoms with van der Waals surface area (Å²) in [6, 6.07) is 12.4. The molecule has 2 aromatic carbocycles. The van der Waals surface area contributed by atoms with Gasteiger partial charge in [-0.2, -0.15) is 0 Å². The van der Waals surface area contributed by atoms with Crippen LogP contribution in [0.2, 0.25) is 5.02 Å². The van der Waals surface area contributed by atoms with Crippen LogP contribution in [0.25, 0.3) is 0 Å². The minimum Gasteiger partial charge on any atom is -0.309 e. The molecule has 0 spiro atoms. The molecule has 0 saturated heterocycles. The first-order valence-corrected chi connectivity index (χ1v) is 6.18. The van der Waals surface area contributed by atoms with Crippen molar-refractivity contribution in [3.8, 4) is 0 Å². The molecule has 1 N–H and O–H groups in total. The third-order valence-electron chi connectivity index (χ3n) is 2.96. The second kappa shape index (κ2) is 5.51. The number of benzene rings is 2. The van der Waals surface area contributed by atoms with Crippen LogP contribution in [0.5, 0.6) is 0 Å². The van der Waals surface area contributed by atoms with Gasteiger partial charge >= 0.3 is 0 Å². The summed E-state index contributed by atoms with van der Waals surface area (Å²) in [7, 11) is 1.87. The van der Waals surface area contributed by atoms with Gasteiger partial charge in [0.1, 0.15) is 5.82 Å². The van der Waals surface area contributed by atoms with Gasteiger partial charge in [0.15, 0.2) is 0 Å². The lowest BCUT2D eigenvalue weighted by Gasteiger charge is -2.19. The fourth-order valence-corrected chi connectivity index (χ4v) is 2.37. The monoisotopic (exact) mass is 263 g/mol. The summed E-state index contributed by atoms with van der Waals surface area (Å²) < 4.78 is 12.9. The first kappa shape index (κ1) is 13.1. The van der Waals surface area contributed by atoms with Crippen molar-refractivity contribution in [1.29, 1.82) is 0 Å². The molecule has 0 bridgehead atoms. The van der Waals surface area contributed by atoms with Crippen molar-refractivity contribution < 1.29 is 4.39 Å². The Hall–Kier alpha value is -1.38. The van der Waals surface area contributed by atoms with Gasteiger partial charge in [-0.3, -0.25) is 0 Å². The summed E-state index contributed by atoms with van der Waals surface area (Å²) in [5.74, 6) is -0.233. The predicted molar refractivity (Wildman–Crippen MR) is 73.5 cm³/mol. The summed E-state index contributed by atoms with van der Waals surface area (Å²) in [6.45, 7) is 2.00. The quantitative estimate of drug-likeness (QED) is 0.879. The van der Waals surface area contributed by atoms with Gasteiger partial charge in [-0.05, 0) is 48.9 Å². The zero-order chi connectivity index (χ0) is 13.1. The van der Waals surface area contributed by atoms with Gasteiger partial charge in [-0.1, -0.05) is 35.9 Å². The predicted octanol–water partition coefficient (Wildman–Crippen LogP) is 4.10. The Morgan fingerprint density at radius 2 is 1.78 bits per heavy atom. The van der Waals surface area contributed by atoms with E-state index in [0.29, 0.717) is 0 Å². The van der Waals surface area contributed by atoms with Gasteiger partial charge in [0.2, 0.25) is 0 Å². The molecule has 0 aliphatic rings. The van der Waals surface area contributed by atoms with Gasteiger partial charge < -0.3 is 5.32 Å². The van der Waals surface area contributed by atoms with Crippen LogP contribution < -0.4 is 5.32 Å². The smallest absolute Gasteiger partial charge is 0.123 e. The molecule has 0 saturated carbocycles. The highest BCUT2D eigenvalue weighted by molar-refractivity contribution is 6.31. The molecule has 0 amide bonds. The topological polar surface area (TPSA) is 12.0 Å². The number of nitrogens with one attached hydrogen (secondary N) is 1.